The van der Waals surface area contributed by atoms with Gasteiger partial charge in [-0.2, -0.15) is 28.5 Å². The molecule has 0 unspecified atom stereocenters. The topological polar surface area (TPSA) is 121 Å². The molecule has 14 heteroatoms. The summed E-state index contributed by atoms with van der Waals surface area (Å²) in [6.45, 7) is 3.59. The molecule has 1 N–H and O–H groups in total. The van der Waals surface area contributed by atoms with Crippen molar-refractivity contribution in [3.05, 3.63) is 48.6 Å². The smallest absolute Gasteiger partial charge is 0.451 e. The summed E-state index contributed by atoms with van der Waals surface area (Å²) in [4.78, 5) is 21.0. The van der Waals surface area contributed by atoms with E-state index < -0.39 is 23.2 Å². The van der Waals surface area contributed by atoms with Gasteiger partial charge in [0, 0.05) is 48.5 Å². The first-order valence-electron chi connectivity index (χ1n) is 13.7. The van der Waals surface area contributed by atoms with Crippen molar-refractivity contribution in [3.8, 4) is 23.2 Å². The second-order valence-electron chi connectivity index (χ2n) is 11.5. The minimum atomic E-state index is -4.82. The number of hydrogen-bond donors (Lipinski definition) is 1. The van der Waals surface area contributed by atoms with Crippen molar-refractivity contribution < 1.29 is 22.3 Å². The van der Waals surface area contributed by atoms with E-state index in [1.807, 2.05) is 23.1 Å². The van der Waals surface area contributed by atoms with Gasteiger partial charge in [-0.15, -0.1) is 0 Å². The molecule has 4 aromatic rings. The van der Waals surface area contributed by atoms with Gasteiger partial charge in [-0.25, -0.2) is 19.3 Å². The molecule has 6 rings (SSSR count). The van der Waals surface area contributed by atoms with Crippen LogP contribution in [0.15, 0.2) is 37.1 Å². The predicted molar refractivity (Wildman–Crippen MR) is 143 cm³/mol. The minimum Gasteiger partial charge on any atom is -0.474 e. The first-order valence-corrected chi connectivity index (χ1v) is 13.7. The lowest BCUT2D eigenvalue weighted by Crippen LogP contribution is -2.65. The van der Waals surface area contributed by atoms with Crippen LogP contribution in [0.2, 0.25) is 0 Å². The molecular formula is C28H29F4N9O. The third kappa shape index (κ3) is 5.29. The SMILES string of the molecule is CC(C)(F)c1cc(O[C@H]2CC[C@@H](N3CC(CC#N)(n4cc(-c5ncnc6[nH]ccc56)cn4)C3)CC2)nc(C(F)(F)F)n1. The molecule has 5 heterocycles. The van der Waals surface area contributed by atoms with Gasteiger partial charge in [0.25, 0.3) is 0 Å². The van der Waals surface area contributed by atoms with E-state index in [-0.39, 0.29) is 23.7 Å². The quantitative estimate of drug-likeness (QED) is 0.297. The van der Waals surface area contributed by atoms with Gasteiger partial charge in [-0.3, -0.25) is 9.58 Å². The largest absolute Gasteiger partial charge is 0.474 e. The number of halogens is 4. The number of nitriles is 1. The molecule has 1 saturated carbocycles. The Bertz CT molecular complexity index is 1590. The van der Waals surface area contributed by atoms with Gasteiger partial charge in [-0.1, -0.05) is 0 Å². The molecule has 4 aromatic heterocycles. The average Bonchev–Trinajstić information content (AvgIpc) is 3.60. The number of aromatic nitrogens is 7. The first kappa shape index (κ1) is 28.0. The van der Waals surface area contributed by atoms with E-state index in [0.29, 0.717) is 32.4 Å². The molecule has 0 spiro atoms. The normalized spacial score (nSPS) is 21.2. The van der Waals surface area contributed by atoms with Crippen LogP contribution in [-0.2, 0) is 17.4 Å². The van der Waals surface area contributed by atoms with Crippen LogP contribution < -0.4 is 4.74 Å². The van der Waals surface area contributed by atoms with Crippen molar-refractivity contribution in [2.24, 2.45) is 0 Å². The standard InChI is InChI=1S/C28H29F4N9O/c1-26(2,29)21-11-22(39-25(38-21)28(30,31)32)42-19-5-3-18(4-6-19)40-14-27(15-40,8-9-33)41-13-17(12-37-41)23-20-7-10-34-24(20)36-16-35-23/h7,10-13,16,18-19H,3-6,8,14-15H2,1-2H3,(H,34,35,36)/t18-,19+. The summed E-state index contributed by atoms with van der Waals surface area (Å²) in [5, 5.41) is 15.1. The van der Waals surface area contributed by atoms with Crippen molar-refractivity contribution in [3.63, 3.8) is 0 Å². The first-order chi connectivity index (χ1) is 19.9. The lowest BCUT2D eigenvalue weighted by molar-refractivity contribution is -0.145. The molecule has 1 saturated heterocycles. The zero-order valence-electron chi connectivity index (χ0n) is 23.1. The number of nitrogens with one attached hydrogen (secondary N) is 1. The van der Waals surface area contributed by atoms with Gasteiger partial charge in [0.05, 0.1) is 30.1 Å². The van der Waals surface area contributed by atoms with Gasteiger partial charge in [0.15, 0.2) is 0 Å². The van der Waals surface area contributed by atoms with E-state index in [2.05, 4.69) is 41.0 Å². The number of hydrogen-bond acceptors (Lipinski definition) is 8. The molecule has 0 amide bonds. The van der Waals surface area contributed by atoms with Crippen molar-refractivity contribution in [2.45, 2.75) is 75.5 Å². The predicted octanol–water partition coefficient (Wildman–Crippen LogP) is 5.15. The Morgan fingerprint density at radius 3 is 2.57 bits per heavy atom. The fourth-order valence-electron chi connectivity index (χ4n) is 5.88. The van der Waals surface area contributed by atoms with Crippen LogP contribution in [-0.4, -0.2) is 64.8 Å². The molecule has 0 atom stereocenters. The van der Waals surface area contributed by atoms with Gasteiger partial charge >= 0.3 is 6.18 Å². The maximum absolute atomic E-state index is 14.5. The molecule has 0 bridgehead atoms. The Balaban J connectivity index is 1.10. The zero-order chi connectivity index (χ0) is 29.7. The molecular weight excluding hydrogens is 554 g/mol. The maximum atomic E-state index is 14.5. The highest BCUT2D eigenvalue weighted by Gasteiger charge is 2.48. The molecule has 10 nitrogen and oxygen atoms in total. The average molecular weight is 584 g/mol. The Kier molecular flexibility index (Phi) is 6.87. The van der Waals surface area contributed by atoms with Gasteiger partial charge in [0.1, 0.15) is 29.3 Å². The second-order valence-corrected chi connectivity index (χ2v) is 11.5. The van der Waals surface area contributed by atoms with Crippen LogP contribution in [0.25, 0.3) is 22.3 Å². The van der Waals surface area contributed by atoms with Crippen molar-refractivity contribution in [2.75, 3.05) is 13.1 Å². The van der Waals surface area contributed by atoms with Crippen LogP contribution in [0, 0.1) is 11.3 Å². The zero-order valence-corrected chi connectivity index (χ0v) is 23.1. The third-order valence-corrected chi connectivity index (χ3v) is 8.11. The number of ether oxygens (including phenoxy) is 1. The second kappa shape index (κ2) is 10.3. The lowest BCUT2D eigenvalue weighted by atomic mass is 9.82. The van der Waals surface area contributed by atoms with E-state index in [9.17, 15) is 22.8 Å². The molecule has 2 aliphatic rings. The Morgan fingerprint density at radius 1 is 1.12 bits per heavy atom. The highest BCUT2D eigenvalue weighted by Crippen LogP contribution is 2.39. The fourth-order valence-corrected chi connectivity index (χ4v) is 5.88. The number of likely N-dealkylation sites (tertiary alicyclic amines) is 1. The number of rotatable bonds is 7. The number of nitrogens with zero attached hydrogens (tertiary/aromatic N) is 8. The summed E-state index contributed by atoms with van der Waals surface area (Å²) >= 11 is 0. The van der Waals surface area contributed by atoms with Crippen LogP contribution in [0.3, 0.4) is 0 Å². The van der Waals surface area contributed by atoms with E-state index in [1.54, 1.807) is 6.20 Å². The van der Waals surface area contributed by atoms with E-state index in [1.165, 1.54) is 6.33 Å². The maximum Gasteiger partial charge on any atom is 0.451 e. The summed E-state index contributed by atoms with van der Waals surface area (Å²) in [6.07, 6.45) is 4.89. The van der Waals surface area contributed by atoms with Crippen LogP contribution in [0.1, 0.15) is 57.5 Å². The Hall–Kier alpha value is -4.12. The van der Waals surface area contributed by atoms with E-state index in [4.69, 9.17) is 4.74 Å². The summed E-state index contributed by atoms with van der Waals surface area (Å²) < 4.78 is 62.2. The molecule has 1 aliphatic carbocycles. The molecule has 0 aromatic carbocycles. The van der Waals surface area contributed by atoms with Gasteiger partial charge in [0.2, 0.25) is 11.7 Å². The van der Waals surface area contributed by atoms with Crippen LogP contribution in [0.4, 0.5) is 17.6 Å². The summed E-state index contributed by atoms with van der Waals surface area (Å²) in [7, 11) is 0. The summed E-state index contributed by atoms with van der Waals surface area (Å²) in [5.41, 5.74) is -0.571. The lowest BCUT2D eigenvalue weighted by Gasteiger charge is -2.53. The van der Waals surface area contributed by atoms with Gasteiger partial charge < -0.3 is 9.72 Å². The molecule has 1 aliphatic heterocycles. The summed E-state index contributed by atoms with van der Waals surface area (Å²) in [6, 6.07) is 5.62. The van der Waals surface area contributed by atoms with E-state index >= 15 is 0 Å². The van der Waals surface area contributed by atoms with E-state index in [0.717, 1.165) is 55.0 Å². The summed E-state index contributed by atoms with van der Waals surface area (Å²) in [5.74, 6) is -1.68. The fraction of sp³-hybridized carbons (Fsp3) is 0.500. The van der Waals surface area contributed by atoms with Gasteiger partial charge in [-0.05, 0) is 45.6 Å². The highest BCUT2D eigenvalue weighted by atomic mass is 19.4. The monoisotopic (exact) mass is 583 g/mol. The Labute approximate surface area is 238 Å². The van der Waals surface area contributed by atoms with Crippen LogP contribution in [0.5, 0.6) is 5.88 Å². The Morgan fingerprint density at radius 2 is 1.88 bits per heavy atom. The third-order valence-electron chi connectivity index (χ3n) is 8.11. The molecule has 2 fully saturated rings. The minimum absolute atomic E-state index is 0.240. The molecule has 42 heavy (non-hydrogen) atoms. The number of aromatic amines is 1. The van der Waals surface area contributed by atoms with Crippen LogP contribution >= 0.6 is 0 Å². The molecule has 220 valence electrons. The van der Waals surface area contributed by atoms with Crippen molar-refractivity contribution in [1.82, 2.24) is 39.6 Å². The number of fused-ring (bicyclic) bond motifs is 1. The molecule has 0 radical (unpaired) electrons. The van der Waals surface area contributed by atoms with Crippen molar-refractivity contribution in [1.29, 1.82) is 5.26 Å². The highest BCUT2D eigenvalue weighted by molar-refractivity contribution is 5.90. The number of alkyl halides is 4. The number of H-pyrrole nitrogens is 1. The van der Waals surface area contributed by atoms with Crippen molar-refractivity contribution >= 4 is 11.0 Å².